The Balaban J connectivity index is 1.77. The summed E-state index contributed by atoms with van der Waals surface area (Å²) < 4.78 is 7.07. The zero-order valence-corrected chi connectivity index (χ0v) is 13.1. The van der Waals surface area contributed by atoms with Crippen LogP contribution in [0.1, 0.15) is 45.2 Å². The summed E-state index contributed by atoms with van der Waals surface area (Å²) in [4.78, 5) is 0. The predicted molar refractivity (Wildman–Crippen MR) is 80.7 cm³/mol. The summed E-state index contributed by atoms with van der Waals surface area (Å²) in [5.41, 5.74) is 1.51. The molecule has 2 atom stereocenters. The van der Waals surface area contributed by atoms with Crippen molar-refractivity contribution in [1.82, 2.24) is 5.32 Å². The van der Waals surface area contributed by atoms with E-state index >= 15 is 0 Å². The van der Waals surface area contributed by atoms with E-state index in [0.29, 0.717) is 12.1 Å². The number of hydrogen-bond acceptors (Lipinski definition) is 4. The third-order valence-corrected chi connectivity index (χ3v) is 5.42. The summed E-state index contributed by atoms with van der Waals surface area (Å²) in [5.74, 6) is 0. The summed E-state index contributed by atoms with van der Waals surface area (Å²) in [6.45, 7) is 8.41. The molecule has 0 spiro atoms. The van der Waals surface area contributed by atoms with E-state index in [-0.39, 0.29) is 0 Å². The summed E-state index contributed by atoms with van der Waals surface area (Å²) in [7, 11) is 0. The lowest BCUT2D eigenvalue weighted by Gasteiger charge is -2.27. The molecule has 0 bridgehead atoms. The molecule has 18 heavy (non-hydrogen) atoms. The van der Waals surface area contributed by atoms with Crippen molar-refractivity contribution in [2.45, 2.75) is 55.2 Å². The molecule has 0 aliphatic carbocycles. The minimum absolute atomic E-state index is 0.347. The Kier molecular flexibility index (Phi) is 5.55. The van der Waals surface area contributed by atoms with Crippen molar-refractivity contribution in [3.05, 3.63) is 17.0 Å². The first-order valence-corrected chi connectivity index (χ1v) is 8.51. The average Bonchev–Trinajstić information content (AvgIpc) is 2.75. The van der Waals surface area contributed by atoms with Crippen LogP contribution in [0.2, 0.25) is 0 Å². The molecule has 2 nitrogen and oxygen atoms in total. The fourth-order valence-electron chi connectivity index (χ4n) is 2.21. The molecule has 2 heterocycles. The molecule has 1 aromatic rings. The van der Waals surface area contributed by atoms with Gasteiger partial charge in [-0.05, 0) is 50.2 Å². The van der Waals surface area contributed by atoms with Gasteiger partial charge in [0.2, 0.25) is 0 Å². The zero-order valence-electron chi connectivity index (χ0n) is 11.4. The minimum Gasteiger partial charge on any atom is -0.379 e. The number of rotatable bonds is 6. The van der Waals surface area contributed by atoms with Crippen LogP contribution in [-0.2, 0) is 4.74 Å². The van der Waals surface area contributed by atoms with Crippen LogP contribution in [0.4, 0.5) is 0 Å². The van der Waals surface area contributed by atoms with Gasteiger partial charge in [0.15, 0.2) is 0 Å². The SMILES string of the molecule is CC(C)OCCCNC1C[C@H](C)Sc2sccc21. The molecule has 0 amide bonds. The maximum atomic E-state index is 5.56. The summed E-state index contributed by atoms with van der Waals surface area (Å²) in [6, 6.07) is 2.82. The van der Waals surface area contributed by atoms with Crippen molar-refractivity contribution in [1.29, 1.82) is 0 Å². The molecule has 1 unspecified atom stereocenters. The highest BCUT2D eigenvalue weighted by Gasteiger charge is 2.25. The highest BCUT2D eigenvalue weighted by molar-refractivity contribution is 8.01. The topological polar surface area (TPSA) is 21.3 Å². The van der Waals surface area contributed by atoms with E-state index in [9.17, 15) is 0 Å². The van der Waals surface area contributed by atoms with Gasteiger partial charge in [-0.1, -0.05) is 6.92 Å². The van der Waals surface area contributed by atoms with Crippen LogP contribution in [-0.4, -0.2) is 24.5 Å². The third-order valence-electron chi connectivity index (χ3n) is 3.07. The first kappa shape index (κ1) is 14.4. The quantitative estimate of drug-likeness (QED) is 0.796. The Labute approximate surface area is 119 Å². The maximum Gasteiger partial charge on any atom is 0.0649 e. The molecule has 0 saturated heterocycles. The lowest BCUT2D eigenvalue weighted by atomic mass is 10.0. The van der Waals surface area contributed by atoms with Crippen molar-refractivity contribution < 1.29 is 4.74 Å². The van der Waals surface area contributed by atoms with Crippen molar-refractivity contribution in [3.63, 3.8) is 0 Å². The van der Waals surface area contributed by atoms with Crippen molar-refractivity contribution >= 4 is 23.1 Å². The monoisotopic (exact) mass is 285 g/mol. The summed E-state index contributed by atoms with van der Waals surface area (Å²) >= 11 is 3.90. The number of thioether (sulfide) groups is 1. The average molecular weight is 285 g/mol. The smallest absolute Gasteiger partial charge is 0.0649 e. The molecule has 0 aromatic carbocycles. The number of hydrogen-bond donors (Lipinski definition) is 1. The molecule has 1 aliphatic heterocycles. The Morgan fingerprint density at radius 3 is 3.11 bits per heavy atom. The second-order valence-electron chi connectivity index (χ2n) is 5.11. The molecular formula is C14H23NOS2. The predicted octanol–water partition coefficient (Wildman–Crippen LogP) is 4.08. The van der Waals surface area contributed by atoms with Crippen molar-refractivity contribution in [2.75, 3.05) is 13.2 Å². The largest absolute Gasteiger partial charge is 0.379 e. The van der Waals surface area contributed by atoms with E-state index in [0.717, 1.165) is 24.8 Å². The van der Waals surface area contributed by atoms with Crippen LogP contribution in [0, 0.1) is 0 Å². The van der Waals surface area contributed by atoms with Crippen LogP contribution in [0.3, 0.4) is 0 Å². The highest BCUT2D eigenvalue weighted by atomic mass is 32.2. The minimum atomic E-state index is 0.347. The normalized spacial score (nSPS) is 23.3. The Morgan fingerprint density at radius 1 is 1.50 bits per heavy atom. The lowest BCUT2D eigenvalue weighted by molar-refractivity contribution is 0.0766. The van der Waals surface area contributed by atoms with E-state index < -0.39 is 0 Å². The van der Waals surface area contributed by atoms with Crippen LogP contribution < -0.4 is 5.32 Å². The molecule has 0 saturated carbocycles. The van der Waals surface area contributed by atoms with E-state index in [2.05, 4.69) is 37.5 Å². The molecule has 102 valence electrons. The molecule has 0 radical (unpaired) electrons. The van der Waals surface area contributed by atoms with E-state index in [1.54, 1.807) is 0 Å². The molecule has 2 rings (SSSR count). The van der Waals surface area contributed by atoms with E-state index in [1.807, 2.05) is 23.1 Å². The van der Waals surface area contributed by atoms with Crippen LogP contribution >= 0.6 is 23.1 Å². The lowest BCUT2D eigenvalue weighted by Crippen LogP contribution is -2.28. The van der Waals surface area contributed by atoms with Gasteiger partial charge in [0.25, 0.3) is 0 Å². The third kappa shape index (κ3) is 3.98. The molecular weight excluding hydrogens is 262 g/mol. The van der Waals surface area contributed by atoms with Gasteiger partial charge in [-0.2, -0.15) is 0 Å². The van der Waals surface area contributed by atoms with Gasteiger partial charge < -0.3 is 10.1 Å². The maximum absolute atomic E-state index is 5.56. The van der Waals surface area contributed by atoms with Crippen LogP contribution in [0.15, 0.2) is 15.7 Å². The Hall–Kier alpha value is -0.0300. The van der Waals surface area contributed by atoms with Gasteiger partial charge in [-0.25, -0.2) is 0 Å². The van der Waals surface area contributed by atoms with E-state index in [1.165, 1.54) is 16.2 Å². The zero-order chi connectivity index (χ0) is 13.0. The van der Waals surface area contributed by atoms with Crippen LogP contribution in [0.25, 0.3) is 0 Å². The first-order valence-electron chi connectivity index (χ1n) is 6.76. The molecule has 4 heteroatoms. The fourth-order valence-corrected chi connectivity index (χ4v) is 4.78. The number of fused-ring (bicyclic) bond motifs is 1. The van der Waals surface area contributed by atoms with Gasteiger partial charge in [-0.15, -0.1) is 23.1 Å². The van der Waals surface area contributed by atoms with Gasteiger partial charge in [0.05, 0.1) is 10.3 Å². The molecule has 1 aliphatic rings. The summed E-state index contributed by atoms with van der Waals surface area (Å²) in [5, 5.41) is 6.62. The first-order chi connectivity index (χ1) is 8.66. The highest BCUT2D eigenvalue weighted by Crippen LogP contribution is 2.43. The summed E-state index contributed by atoms with van der Waals surface area (Å²) in [6.07, 6.45) is 2.68. The van der Waals surface area contributed by atoms with Gasteiger partial charge in [0.1, 0.15) is 0 Å². The number of thiophene rings is 1. The second-order valence-corrected chi connectivity index (χ2v) is 7.73. The Bertz CT molecular complexity index is 364. The van der Waals surface area contributed by atoms with Crippen molar-refractivity contribution in [3.8, 4) is 0 Å². The van der Waals surface area contributed by atoms with Gasteiger partial charge in [-0.3, -0.25) is 0 Å². The standard InChI is InChI=1S/C14H23NOS2/c1-10(2)16-7-4-6-15-13-9-11(3)18-14-12(13)5-8-17-14/h5,8,10-11,13,15H,4,6-7,9H2,1-3H3/t11-,13?/m0/s1. The van der Waals surface area contributed by atoms with Crippen molar-refractivity contribution in [2.24, 2.45) is 0 Å². The molecule has 1 aromatic heterocycles. The molecule has 0 fully saturated rings. The number of nitrogens with one attached hydrogen (secondary N) is 1. The Morgan fingerprint density at radius 2 is 2.33 bits per heavy atom. The fraction of sp³-hybridized carbons (Fsp3) is 0.714. The second kappa shape index (κ2) is 6.94. The number of ether oxygens (including phenoxy) is 1. The molecule has 1 N–H and O–H groups in total. The van der Waals surface area contributed by atoms with Gasteiger partial charge in [0, 0.05) is 17.9 Å². The van der Waals surface area contributed by atoms with E-state index in [4.69, 9.17) is 4.74 Å². The van der Waals surface area contributed by atoms with Gasteiger partial charge >= 0.3 is 0 Å². The van der Waals surface area contributed by atoms with Crippen LogP contribution in [0.5, 0.6) is 0 Å².